The fourth-order valence-electron chi connectivity index (χ4n) is 3.36. The van der Waals surface area contributed by atoms with Crippen LogP contribution in [0.4, 0.5) is 30.4 Å². The third kappa shape index (κ3) is 5.53. The summed E-state index contributed by atoms with van der Waals surface area (Å²) in [6.07, 6.45) is -1.34. The molecule has 0 saturated carbocycles. The molecule has 1 heterocycles. The maximum Gasteiger partial charge on any atom is 0.416 e. The van der Waals surface area contributed by atoms with Crippen molar-refractivity contribution in [1.29, 1.82) is 0 Å². The molecule has 0 radical (unpaired) electrons. The maximum absolute atomic E-state index is 13.0. The number of hydrogen-bond acceptors (Lipinski definition) is 4. The first-order valence-corrected chi connectivity index (χ1v) is 11.2. The number of hydrogen-bond donors (Lipinski definition) is 2. The molecule has 0 aliphatic carbocycles. The predicted octanol–water partition coefficient (Wildman–Crippen LogP) is 7.07. The summed E-state index contributed by atoms with van der Waals surface area (Å²) in [6, 6.07) is 17.4. The lowest BCUT2D eigenvalue weighted by molar-refractivity contribution is -0.137. The summed E-state index contributed by atoms with van der Waals surface area (Å²) in [4.78, 5) is 20.8. The smallest absolute Gasteiger partial charge is 0.339 e. The van der Waals surface area contributed by atoms with Crippen LogP contribution in [0.3, 0.4) is 0 Å². The third-order valence-corrected chi connectivity index (χ3v) is 5.84. The number of aryl methyl sites for hydroxylation is 1. The zero-order valence-corrected chi connectivity index (χ0v) is 20.0. The normalized spacial score (nSPS) is 11.2. The summed E-state index contributed by atoms with van der Waals surface area (Å²) in [5, 5.41) is 5.96. The SMILES string of the molecule is Cc1ccc(NC(=O)c2cccc(C(F)(F)F)c2)cc1-c1cccc(Nc2ncncc2I)c1. The Morgan fingerprint density at radius 2 is 1.76 bits per heavy atom. The predicted molar refractivity (Wildman–Crippen MR) is 134 cm³/mol. The molecule has 4 rings (SSSR count). The monoisotopic (exact) mass is 574 g/mol. The fraction of sp³-hybridized carbons (Fsp3) is 0.0800. The van der Waals surface area contributed by atoms with E-state index in [1.165, 1.54) is 18.5 Å². The van der Waals surface area contributed by atoms with E-state index >= 15 is 0 Å². The Morgan fingerprint density at radius 1 is 0.971 bits per heavy atom. The molecule has 0 spiro atoms. The quantitative estimate of drug-likeness (QED) is 0.250. The van der Waals surface area contributed by atoms with Crippen molar-refractivity contribution in [2.45, 2.75) is 13.1 Å². The van der Waals surface area contributed by atoms with Crippen LogP contribution < -0.4 is 10.6 Å². The van der Waals surface area contributed by atoms with E-state index in [0.717, 1.165) is 38.1 Å². The van der Waals surface area contributed by atoms with Gasteiger partial charge >= 0.3 is 6.18 Å². The molecule has 172 valence electrons. The number of nitrogens with one attached hydrogen (secondary N) is 2. The Labute approximate surface area is 207 Å². The lowest BCUT2D eigenvalue weighted by Crippen LogP contribution is -2.14. The Kier molecular flexibility index (Phi) is 6.82. The van der Waals surface area contributed by atoms with Crippen LogP contribution in [0.1, 0.15) is 21.5 Å². The number of nitrogens with zero attached hydrogens (tertiary/aromatic N) is 2. The van der Waals surface area contributed by atoms with E-state index in [2.05, 4.69) is 43.2 Å². The van der Waals surface area contributed by atoms with Gasteiger partial charge in [-0.2, -0.15) is 13.2 Å². The van der Waals surface area contributed by atoms with E-state index in [1.807, 2.05) is 37.3 Å². The molecule has 34 heavy (non-hydrogen) atoms. The number of anilines is 3. The molecule has 4 aromatic rings. The molecule has 0 unspecified atom stereocenters. The molecule has 9 heteroatoms. The first kappa shape index (κ1) is 23.7. The Morgan fingerprint density at radius 3 is 2.53 bits per heavy atom. The van der Waals surface area contributed by atoms with Gasteiger partial charge in [-0.15, -0.1) is 0 Å². The molecule has 0 bridgehead atoms. The summed E-state index contributed by atoms with van der Waals surface area (Å²) >= 11 is 2.15. The van der Waals surface area contributed by atoms with Crippen molar-refractivity contribution in [2.75, 3.05) is 10.6 Å². The van der Waals surface area contributed by atoms with E-state index in [0.29, 0.717) is 11.5 Å². The zero-order chi connectivity index (χ0) is 24.3. The van der Waals surface area contributed by atoms with Gasteiger partial charge in [0.25, 0.3) is 5.91 Å². The second kappa shape index (κ2) is 9.80. The van der Waals surface area contributed by atoms with Crippen LogP contribution in [0.5, 0.6) is 0 Å². The molecular weight excluding hydrogens is 556 g/mol. The lowest BCUT2D eigenvalue weighted by Gasteiger charge is -2.13. The summed E-state index contributed by atoms with van der Waals surface area (Å²) in [6.45, 7) is 1.95. The largest absolute Gasteiger partial charge is 0.416 e. The average molecular weight is 574 g/mol. The van der Waals surface area contributed by atoms with E-state index in [-0.39, 0.29) is 5.56 Å². The van der Waals surface area contributed by atoms with Gasteiger partial charge in [-0.05, 0) is 88.7 Å². The highest BCUT2D eigenvalue weighted by atomic mass is 127. The highest BCUT2D eigenvalue weighted by Gasteiger charge is 2.30. The molecule has 3 aromatic carbocycles. The Balaban J connectivity index is 1.58. The Bertz CT molecular complexity index is 1360. The molecule has 0 aliphatic rings. The lowest BCUT2D eigenvalue weighted by atomic mass is 9.99. The molecule has 2 N–H and O–H groups in total. The van der Waals surface area contributed by atoms with Crippen molar-refractivity contribution < 1.29 is 18.0 Å². The average Bonchev–Trinajstić information content (AvgIpc) is 2.81. The fourth-order valence-corrected chi connectivity index (χ4v) is 3.79. The minimum Gasteiger partial charge on any atom is -0.339 e. The second-order valence-corrected chi connectivity index (χ2v) is 8.65. The second-order valence-electron chi connectivity index (χ2n) is 7.49. The highest BCUT2D eigenvalue weighted by molar-refractivity contribution is 14.1. The van der Waals surface area contributed by atoms with Crippen molar-refractivity contribution in [2.24, 2.45) is 0 Å². The van der Waals surface area contributed by atoms with E-state index in [9.17, 15) is 18.0 Å². The van der Waals surface area contributed by atoms with Crippen LogP contribution in [0.2, 0.25) is 0 Å². The summed E-state index contributed by atoms with van der Waals surface area (Å²) in [5.74, 6) is 0.0706. The van der Waals surface area contributed by atoms with Gasteiger partial charge in [-0.25, -0.2) is 9.97 Å². The minimum absolute atomic E-state index is 0.0670. The number of rotatable bonds is 5. The first-order chi connectivity index (χ1) is 16.2. The molecule has 5 nitrogen and oxygen atoms in total. The van der Waals surface area contributed by atoms with Gasteiger partial charge in [0.1, 0.15) is 12.1 Å². The maximum atomic E-state index is 13.0. The minimum atomic E-state index is -4.52. The van der Waals surface area contributed by atoms with Gasteiger partial charge in [0.2, 0.25) is 0 Å². The molecule has 0 aliphatic heterocycles. The van der Waals surface area contributed by atoms with Crippen LogP contribution in [0.25, 0.3) is 11.1 Å². The summed E-state index contributed by atoms with van der Waals surface area (Å²) < 4.78 is 39.8. The topological polar surface area (TPSA) is 66.9 Å². The number of carbonyl (C=O) groups excluding carboxylic acids is 1. The van der Waals surface area contributed by atoms with Crippen molar-refractivity contribution in [3.05, 3.63) is 99.5 Å². The molecule has 0 fully saturated rings. The number of aromatic nitrogens is 2. The highest BCUT2D eigenvalue weighted by Crippen LogP contribution is 2.31. The van der Waals surface area contributed by atoms with Gasteiger partial charge < -0.3 is 10.6 Å². The Hall–Kier alpha value is -3.47. The van der Waals surface area contributed by atoms with Gasteiger partial charge in [-0.3, -0.25) is 4.79 Å². The van der Waals surface area contributed by atoms with Crippen LogP contribution >= 0.6 is 22.6 Å². The third-order valence-electron chi connectivity index (χ3n) is 5.05. The molecule has 0 atom stereocenters. The van der Waals surface area contributed by atoms with Gasteiger partial charge in [-0.1, -0.05) is 24.3 Å². The van der Waals surface area contributed by atoms with Crippen LogP contribution in [-0.4, -0.2) is 15.9 Å². The number of carbonyl (C=O) groups is 1. The van der Waals surface area contributed by atoms with E-state index in [1.54, 1.807) is 18.3 Å². The first-order valence-electron chi connectivity index (χ1n) is 10.1. The molecule has 0 saturated heterocycles. The van der Waals surface area contributed by atoms with Crippen molar-refractivity contribution in [3.63, 3.8) is 0 Å². The van der Waals surface area contributed by atoms with Crippen LogP contribution in [0, 0.1) is 10.5 Å². The molecule has 1 amide bonds. The zero-order valence-electron chi connectivity index (χ0n) is 17.8. The van der Waals surface area contributed by atoms with Crippen molar-refractivity contribution in [1.82, 2.24) is 9.97 Å². The number of alkyl halides is 3. The van der Waals surface area contributed by atoms with Gasteiger partial charge in [0.15, 0.2) is 0 Å². The molecule has 1 aromatic heterocycles. The number of amides is 1. The van der Waals surface area contributed by atoms with E-state index < -0.39 is 17.6 Å². The standard InChI is InChI=1S/C25H18F3IN4O/c1-15-8-9-20(33-24(34)17-5-2-6-18(10-17)25(26,27)28)12-21(15)16-4-3-7-19(11-16)32-23-22(29)13-30-14-31-23/h2-14H,1H3,(H,33,34)(H,30,31,32). The van der Waals surface area contributed by atoms with Crippen molar-refractivity contribution in [3.8, 4) is 11.1 Å². The van der Waals surface area contributed by atoms with Crippen LogP contribution in [0.15, 0.2) is 79.3 Å². The number of halogens is 4. The van der Waals surface area contributed by atoms with E-state index in [4.69, 9.17) is 0 Å². The van der Waals surface area contributed by atoms with Crippen LogP contribution in [-0.2, 0) is 6.18 Å². The van der Waals surface area contributed by atoms with Gasteiger partial charge in [0, 0.05) is 23.1 Å². The van der Waals surface area contributed by atoms with Gasteiger partial charge in [0.05, 0.1) is 9.13 Å². The summed E-state index contributed by atoms with van der Waals surface area (Å²) in [5.41, 5.74) is 3.13. The molecular formula is C25H18F3IN4O. The van der Waals surface area contributed by atoms with Crippen molar-refractivity contribution >= 4 is 45.7 Å². The number of benzene rings is 3. The summed E-state index contributed by atoms with van der Waals surface area (Å²) in [7, 11) is 0.